The van der Waals surface area contributed by atoms with E-state index >= 15 is 0 Å². The lowest BCUT2D eigenvalue weighted by Crippen LogP contribution is -2.01. The Balaban J connectivity index is 2.18. The lowest BCUT2D eigenvalue weighted by atomic mass is 9.98. The summed E-state index contributed by atoms with van der Waals surface area (Å²) in [6.45, 7) is 0. The van der Waals surface area contributed by atoms with Crippen LogP contribution in [0.1, 0.15) is 27.6 Å². The first-order valence-corrected chi connectivity index (χ1v) is 5.49. The van der Waals surface area contributed by atoms with Crippen LogP contribution in [0.15, 0.2) is 42.5 Å². The molecule has 2 aromatic carbocycles. The zero-order chi connectivity index (χ0) is 12.7. The molecule has 1 heterocycles. The van der Waals surface area contributed by atoms with Gasteiger partial charge in [0.15, 0.2) is 6.10 Å². The molecular formula is C14H10O4. The maximum absolute atomic E-state index is 11.7. The molecule has 0 aromatic heterocycles. The molecule has 1 atom stereocenters. The summed E-state index contributed by atoms with van der Waals surface area (Å²) in [5.74, 6) is -0.632. The van der Waals surface area contributed by atoms with Gasteiger partial charge < -0.3 is 14.9 Å². The van der Waals surface area contributed by atoms with Gasteiger partial charge in [-0.25, -0.2) is 4.79 Å². The summed E-state index contributed by atoms with van der Waals surface area (Å²) in [6, 6.07) is 11.4. The first-order chi connectivity index (χ1) is 8.68. The normalized spacial score (nSPS) is 17.3. The number of benzene rings is 2. The minimum Gasteiger partial charge on any atom is -0.507 e. The van der Waals surface area contributed by atoms with Crippen molar-refractivity contribution >= 4 is 5.97 Å². The number of phenolic OH excluding ortho intramolecular Hbond substituents is 2. The average Bonchev–Trinajstić information content (AvgIpc) is 2.68. The van der Waals surface area contributed by atoms with Crippen LogP contribution in [-0.2, 0) is 4.74 Å². The van der Waals surface area contributed by atoms with Gasteiger partial charge in [-0.3, -0.25) is 0 Å². The van der Waals surface area contributed by atoms with Crippen LogP contribution >= 0.6 is 0 Å². The van der Waals surface area contributed by atoms with E-state index in [0.717, 1.165) is 0 Å². The van der Waals surface area contributed by atoms with Crippen molar-refractivity contribution in [3.63, 3.8) is 0 Å². The van der Waals surface area contributed by atoms with E-state index in [9.17, 15) is 15.0 Å². The van der Waals surface area contributed by atoms with Crippen molar-refractivity contribution in [2.45, 2.75) is 6.10 Å². The number of esters is 1. The second kappa shape index (κ2) is 3.77. The zero-order valence-corrected chi connectivity index (χ0v) is 9.33. The van der Waals surface area contributed by atoms with Gasteiger partial charge in [0.05, 0.1) is 11.1 Å². The van der Waals surface area contributed by atoms with Gasteiger partial charge in [0.25, 0.3) is 0 Å². The fraction of sp³-hybridized carbons (Fsp3) is 0.0714. The molecule has 2 N–H and O–H groups in total. The smallest absolute Gasteiger partial charge is 0.339 e. The molecule has 0 bridgehead atoms. The van der Waals surface area contributed by atoms with Crippen molar-refractivity contribution in [1.82, 2.24) is 0 Å². The SMILES string of the molecule is O=C1OC(c2c(O)cccc2O)c2ccccc21. The number of rotatable bonds is 1. The van der Waals surface area contributed by atoms with E-state index in [0.29, 0.717) is 11.1 Å². The van der Waals surface area contributed by atoms with Gasteiger partial charge in [0.1, 0.15) is 11.5 Å². The van der Waals surface area contributed by atoms with E-state index in [1.165, 1.54) is 18.2 Å². The van der Waals surface area contributed by atoms with Gasteiger partial charge >= 0.3 is 5.97 Å². The third-order valence-corrected chi connectivity index (χ3v) is 3.01. The minimum atomic E-state index is -0.755. The molecule has 0 saturated carbocycles. The summed E-state index contributed by atoms with van der Waals surface area (Å²) in [6.07, 6.45) is -0.755. The second-order valence-corrected chi connectivity index (χ2v) is 4.08. The van der Waals surface area contributed by atoms with Gasteiger partial charge in [0.2, 0.25) is 0 Å². The molecule has 0 amide bonds. The van der Waals surface area contributed by atoms with Crippen LogP contribution < -0.4 is 0 Å². The number of hydrogen-bond donors (Lipinski definition) is 2. The summed E-state index contributed by atoms with van der Waals surface area (Å²) in [5.41, 5.74) is 1.33. The van der Waals surface area contributed by atoms with Crippen molar-refractivity contribution in [3.8, 4) is 11.5 Å². The number of hydrogen-bond acceptors (Lipinski definition) is 4. The molecule has 0 spiro atoms. The third kappa shape index (κ3) is 1.43. The fourth-order valence-corrected chi connectivity index (χ4v) is 2.17. The van der Waals surface area contributed by atoms with E-state index in [1.54, 1.807) is 24.3 Å². The Hall–Kier alpha value is -2.49. The van der Waals surface area contributed by atoms with Gasteiger partial charge in [-0.2, -0.15) is 0 Å². The van der Waals surface area contributed by atoms with Gasteiger partial charge in [-0.15, -0.1) is 0 Å². The zero-order valence-electron chi connectivity index (χ0n) is 9.33. The molecule has 90 valence electrons. The van der Waals surface area contributed by atoms with Gasteiger partial charge in [-0.1, -0.05) is 24.3 Å². The molecule has 1 aliphatic heterocycles. The van der Waals surface area contributed by atoms with Crippen LogP contribution in [0, 0.1) is 0 Å². The highest BCUT2D eigenvalue weighted by molar-refractivity contribution is 5.94. The lowest BCUT2D eigenvalue weighted by Gasteiger charge is -2.14. The highest BCUT2D eigenvalue weighted by Crippen LogP contribution is 2.43. The number of carbonyl (C=O) groups is 1. The summed E-state index contributed by atoms with van der Waals surface area (Å²) in [7, 11) is 0. The van der Waals surface area contributed by atoms with E-state index in [-0.39, 0.29) is 17.1 Å². The first kappa shape index (κ1) is 10.7. The Labute approximate surface area is 103 Å². The van der Waals surface area contributed by atoms with Gasteiger partial charge in [0, 0.05) is 5.56 Å². The summed E-state index contributed by atoms with van der Waals surface area (Å²) >= 11 is 0. The molecule has 0 fully saturated rings. The number of fused-ring (bicyclic) bond motifs is 1. The lowest BCUT2D eigenvalue weighted by molar-refractivity contribution is 0.0450. The highest BCUT2D eigenvalue weighted by Gasteiger charge is 2.34. The molecule has 2 aromatic rings. The molecule has 0 radical (unpaired) electrons. The van der Waals surface area contributed by atoms with Crippen molar-refractivity contribution in [1.29, 1.82) is 0 Å². The van der Waals surface area contributed by atoms with Crippen LogP contribution in [-0.4, -0.2) is 16.2 Å². The molecule has 4 heteroatoms. The number of phenols is 2. The molecule has 18 heavy (non-hydrogen) atoms. The molecule has 0 saturated heterocycles. The first-order valence-electron chi connectivity index (χ1n) is 5.49. The topological polar surface area (TPSA) is 66.8 Å². The van der Waals surface area contributed by atoms with Crippen molar-refractivity contribution < 1.29 is 19.7 Å². The average molecular weight is 242 g/mol. The van der Waals surface area contributed by atoms with E-state index < -0.39 is 12.1 Å². The number of carbonyl (C=O) groups excluding carboxylic acids is 1. The minimum absolute atomic E-state index is 0.0931. The Morgan fingerprint density at radius 3 is 2.33 bits per heavy atom. The summed E-state index contributed by atoms with van der Waals surface area (Å²) in [4.78, 5) is 11.7. The predicted molar refractivity (Wildman–Crippen MR) is 63.5 cm³/mol. The summed E-state index contributed by atoms with van der Waals surface area (Å²) in [5, 5.41) is 19.6. The van der Waals surface area contributed by atoms with Crippen LogP contribution in [0.3, 0.4) is 0 Å². The quantitative estimate of drug-likeness (QED) is 0.753. The van der Waals surface area contributed by atoms with Crippen LogP contribution in [0.4, 0.5) is 0 Å². The van der Waals surface area contributed by atoms with E-state index in [1.807, 2.05) is 0 Å². The second-order valence-electron chi connectivity index (χ2n) is 4.08. The molecule has 4 nitrogen and oxygen atoms in total. The molecule has 1 aliphatic rings. The van der Waals surface area contributed by atoms with Gasteiger partial charge in [-0.05, 0) is 18.2 Å². The van der Waals surface area contributed by atoms with Crippen LogP contribution in [0.25, 0.3) is 0 Å². The Bertz CT molecular complexity index is 613. The Kier molecular flexibility index (Phi) is 2.23. The maximum Gasteiger partial charge on any atom is 0.339 e. The van der Waals surface area contributed by atoms with Crippen LogP contribution in [0.2, 0.25) is 0 Å². The van der Waals surface area contributed by atoms with Crippen molar-refractivity contribution in [3.05, 3.63) is 59.2 Å². The molecule has 1 unspecified atom stereocenters. The third-order valence-electron chi connectivity index (χ3n) is 3.01. The summed E-state index contributed by atoms with van der Waals surface area (Å²) < 4.78 is 5.22. The van der Waals surface area contributed by atoms with Crippen molar-refractivity contribution in [2.75, 3.05) is 0 Å². The van der Waals surface area contributed by atoms with E-state index in [2.05, 4.69) is 0 Å². The largest absolute Gasteiger partial charge is 0.507 e. The molecular weight excluding hydrogens is 232 g/mol. The number of ether oxygens (including phenoxy) is 1. The van der Waals surface area contributed by atoms with E-state index in [4.69, 9.17) is 4.74 Å². The molecule has 3 rings (SSSR count). The fourth-order valence-electron chi connectivity index (χ4n) is 2.17. The maximum atomic E-state index is 11.7. The highest BCUT2D eigenvalue weighted by atomic mass is 16.5. The van der Waals surface area contributed by atoms with Crippen LogP contribution in [0.5, 0.6) is 11.5 Å². The number of aromatic hydroxyl groups is 2. The predicted octanol–water partition coefficient (Wildman–Crippen LogP) is 2.36. The molecule has 0 aliphatic carbocycles. The Morgan fingerprint density at radius 2 is 1.61 bits per heavy atom. The standard InChI is InChI=1S/C14H10O4/c15-10-6-3-7-11(16)12(10)13-8-4-1-2-5-9(8)14(17)18-13/h1-7,13,15-16H. The number of cyclic esters (lactones) is 1. The Morgan fingerprint density at radius 1 is 0.944 bits per heavy atom. The monoisotopic (exact) mass is 242 g/mol. The van der Waals surface area contributed by atoms with Crippen molar-refractivity contribution in [2.24, 2.45) is 0 Å².